The van der Waals surface area contributed by atoms with Crippen molar-refractivity contribution in [2.24, 2.45) is 0 Å². The van der Waals surface area contributed by atoms with E-state index in [1.807, 2.05) is 54.6 Å². The highest BCUT2D eigenvalue weighted by Crippen LogP contribution is 2.30. The molecule has 3 rings (SSSR count). The summed E-state index contributed by atoms with van der Waals surface area (Å²) < 4.78 is 10.6. The Morgan fingerprint density at radius 1 is 1.04 bits per heavy atom. The molecule has 0 atom stereocenters. The van der Waals surface area contributed by atoms with E-state index in [2.05, 4.69) is 5.32 Å². The van der Waals surface area contributed by atoms with Crippen LogP contribution < -0.4 is 10.1 Å². The molecule has 1 aliphatic rings. The second-order valence-corrected chi connectivity index (χ2v) is 6.95. The van der Waals surface area contributed by atoms with E-state index in [0.717, 1.165) is 29.7 Å². The number of benzene rings is 2. The van der Waals surface area contributed by atoms with Crippen LogP contribution in [-0.2, 0) is 20.9 Å². The Bertz CT molecular complexity index is 821. The van der Waals surface area contributed by atoms with Gasteiger partial charge in [0.2, 0.25) is 5.91 Å². The number of nitrogens with one attached hydrogen (secondary N) is 1. The average Bonchev–Trinajstić information content (AvgIpc) is 3.21. The zero-order valence-corrected chi connectivity index (χ0v) is 16.0. The summed E-state index contributed by atoms with van der Waals surface area (Å²) in [6.45, 7) is 0.508. The first kappa shape index (κ1) is 19.7. The Morgan fingerprint density at radius 2 is 1.71 bits per heavy atom. The van der Waals surface area contributed by atoms with Gasteiger partial charge in [0, 0.05) is 6.08 Å². The number of amides is 1. The Morgan fingerprint density at radius 3 is 2.36 bits per heavy atom. The fourth-order valence-corrected chi connectivity index (χ4v) is 3.42. The Labute approximate surface area is 165 Å². The lowest BCUT2D eigenvalue weighted by atomic mass is 9.97. The smallest absolute Gasteiger partial charge is 0.331 e. The number of hydrogen-bond acceptors (Lipinski definition) is 4. The fourth-order valence-electron chi connectivity index (χ4n) is 3.42. The van der Waals surface area contributed by atoms with E-state index in [-0.39, 0.29) is 11.9 Å². The maximum atomic E-state index is 12.3. The predicted octanol–water partition coefficient (Wildman–Crippen LogP) is 3.88. The Hall–Kier alpha value is -3.08. The van der Waals surface area contributed by atoms with Crippen LogP contribution in [-0.4, -0.2) is 24.5 Å². The van der Waals surface area contributed by atoms with Gasteiger partial charge in [-0.05, 0) is 42.2 Å². The van der Waals surface area contributed by atoms with E-state index >= 15 is 0 Å². The van der Waals surface area contributed by atoms with Gasteiger partial charge in [-0.15, -0.1) is 0 Å². The number of esters is 1. The van der Waals surface area contributed by atoms with Crippen molar-refractivity contribution in [3.63, 3.8) is 0 Å². The van der Waals surface area contributed by atoms with Crippen molar-refractivity contribution in [2.45, 2.75) is 37.8 Å². The molecule has 0 heterocycles. The summed E-state index contributed by atoms with van der Waals surface area (Å²) in [5.74, 6) is 0.101. The van der Waals surface area contributed by atoms with Crippen LogP contribution in [0.3, 0.4) is 0 Å². The Balaban J connectivity index is 1.55. The summed E-state index contributed by atoms with van der Waals surface area (Å²) in [5, 5.41) is 2.84. The van der Waals surface area contributed by atoms with Gasteiger partial charge in [0.15, 0.2) is 0 Å². The molecule has 0 aliphatic heterocycles. The zero-order chi connectivity index (χ0) is 19.8. The third kappa shape index (κ3) is 5.00. The lowest BCUT2D eigenvalue weighted by Gasteiger charge is -2.26. The van der Waals surface area contributed by atoms with E-state index in [1.54, 1.807) is 6.08 Å². The average molecular weight is 379 g/mol. The molecule has 2 aromatic carbocycles. The minimum Gasteiger partial charge on any atom is -0.489 e. The lowest BCUT2D eigenvalue weighted by molar-refractivity contribution is -0.150. The van der Waals surface area contributed by atoms with Crippen molar-refractivity contribution in [3.8, 4) is 5.75 Å². The normalized spacial score (nSPS) is 15.3. The van der Waals surface area contributed by atoms with Crippen molar-refractivity contribution >= 4 is 18.0 Å². The number of carbonyl (C=O) groups is 2. The van der Waals surface area contributed by atoms with Gasteiger partial charge in [0.1, 0.15) is 17.9 Å². The highest BCUT2D eigenvalue weighted by atomic mass is 16.5. The molecule has 1 aliphatic carbocycles. The van der Waals surface area contributed by atoms with Gasteiger partial charge in [-0.1, -0.05) is 55.3 Å². The molecule has 1 amide bonds. The highest BCUT2D eigenvalue weighted by molar-refractivity contribution is 5.96. The van der Waals surface area contributed by atoms with Crippen LogP contribution >= 0.6 is 0 Å². The van der Waals surface area contributed by atoms with E-state index in [9.17, 15) is 9.59 Å². The van der Waals surface area contributed by atoms with E-state index in [1.165, 1.54) is 13.2 Å². The third-order valence-corrected chi connectivity index (χ3v) is 4.95. The van der Waals surface area contributed by atoms with Crippen molar-refractivity contribution in [1.82, 2.24) is 5.32 Å². The SMILES string of the molecule is COC(=O)C1(NC(=O)/C=C/c2ccc(OCc3ccccc3)cc2)CCCC1. The van der Waals surface area contributed by atoms with Crippen LogP contribution in [0.25, 0.3) is 6.08 Å². The number of carbonyl (C=O) groups excluding carboxylic acids is 2. The molecule has 0 saturated heterocycles. The first-order valence-corrected chi connectivity index (χ1v) is 9.47. The predicted molar refractivity (Wildman–Crippen MR) is 108 cm³/mol. The molecule has 0 radical (unpaired) electrons. The van der Waals surface area contributed by atoms with Crippen LogP contribution in [0, 0.1) is 0 Å². The van der Waals surface area contributed by atoms with Gasteiger partial charge in [-0.25, -0.2) is 4.79 Å². The molecule has 5 nitrogen and oxygen atoms in total. The summed E-state index contributed by atoms with van der Waals surface area (Å²) in [5.41, 5.74) is 1.10. The van der Waals surface area contributed by atoms with Crippen molar-refractivity contribution in [3.05, 3.63) is 71.8 Å². The Kier molecular flexibility index (Phi) is 6.48. The molecule has 2 aromatic rings. The molecular formula is C23H25NO4. The number of methoxy groups -OCH3 is 1. The molecule has 0 unspecified atom stereocenters. The first-order valence-electron chi connectivity index (χ1n) is 9.47. The topological polar surface area (TPSA) is 64.6 Å². The standard InChI is InChI=1S/C23H25NO4/c1-27-22(26)23(15-5-6-16-23)24-21(25)14-11-18-9-12-20(13-10-18)28-17-19-7-3-2-4-8-19/h2-4,7-14H,5-6,15-17H2,1H3,(H,24,25)/b14-11+. The molecule has 146 valence electrons. The largest absolute Gasteiger partial charge is 0.489 e. The molecular weight excluding hydrogens is 354 g/mol. The molecule has 1 fully saturated rings. The van der Waals surface area contributed by atoms with Gasteiger partial charge in [0.05, 0.1) is 7.11 Å². The fraction of sp³-hybridized carbons (Fsp3) is 0.304. The summed E-state index contributed by atoms with van der Waals surface area (Å²) in [6, 6.07) is 17.5. The molecule has 5 heteroatoms. The van der Waals surface area contributed by atoms with E-state index < -0.39 is 5.54 Å². The monoisotopic (exact) mass is 379 g/mol. The molecule has 1 saturated carbocycles. The van der Waals surface area contributed by atoms with Crippen LogP contribution in [0.5, 0.6) is 5.75 Å². The summed E-state index contributed by atoms with van der Waals surface area (Å²) in [7, 11) is 1.35. The second-order valence-electron chi connectivity index (χ2n) is 6.95. The number of hydrogen-bond donors (Lipinski definition) is 1. The minimum absolute atomic E-state index is 0.295. The van der Waals surface area contributed by atoms with E-state index in [4.69, 9.17) is 9.47 Å². The maximum absolute atomic E-state index is 12.3. The van der Waals surface area contributed by atoms with Crippen LogP contribution in [0.4, 0.5) is 0 Å². The van der Waals surface area contributed by atoms with Crippen molar-refractivity contribution in [2.75, 3.05) is 7.11 Å². The van der Waals surface area contributed by atoms with E-state index in [0.29, 0.717) is 19.4 Å². The van der Waals surface area contributed by atoms with Crippen LogP contribution in [0.15, 0.2) is 60.7 Å². The van der Waals surface area contributed by atoms with Gasteiger partial charge >= 0.3 is 5.97 Å². The lowest BCUT2D eigenvalue weighted by Crippen LogP contribution is -2.52. The highest BCUT2D eigenvalue weighted by Gasteiger charge is 2.43. The maximum Gasteiger partial charge on any atom is 0.331 e. The summed E-state index contributed by atoms with van der Waals surface area (Å²) >= 11 is 0. The van der Waals surface area contributed by atoms with Crippen LogP contribution in [0.2, 0.25) is 0 Å². The molecule has 28 heavy (non-hydrogen) atoms. The van der Waals surface area contributed by atoms with Gasteiger partial charge in [-0.2, -0.15) is 0 Å². The van der Waals surface area contributed by atoms with Crippen molar-refractivity contribution < 1.29 is 19.1 Å². The molecule has 0 bridgehead atoms. The minimum atomic E-state index is -0.884. The van der Waals surface area contributed by atoms with Gasteiger partial charge < -0.3 is 14.8 Å². The number of ether oxygens (including phenoxy) is 2. The molecule has 0 spiro atoms. The van der Waals surface area contributed by atoms with Crippen LogP contribution in [0.1, 0.15) is 36.8 Å². The second kappa shape index (κ2) is 9.22. The zero-order valence-electron chi connectivity index (χ0n) is 16.0. The summed E-state index contributed by atoms with van der Waals surface area (Å²) in [6.07, 6.45) is 6.21. The first-order chi connectivity index (χ1) is 13.6. The third-order valence-electron chi connectivity index (χ3n) is 4.95. The number of rotatable bonds is 7. The molecule has 0 aromatic heterocycles. The summed E-state index contributed by atoms with van der Waals surface area (Å²) in [4.78, 5) is 24.4. The quantitative estimate of drug-likeness (QED) is 0.586. The van der Waals surface area contributed by atoms with Gasteiger partial charge in [-0.3, -0.25) is 4.79 Å². The van der Waals surface area contributed by atoms with Gasteiger partial charge in [0.25, 0.3) is 0 Å². The van der Waals surface area contributed by atoms with Crippen molar-refractivity contribution in [1.29, 1.82) is 0 Å². The molecule has 1 N–H and O–H groups in total.